The zero-order chi connectivity index (χ0) is 17.0. The lowest BCUT2D eigenvalue weighted by Gasteiger charge is -2.02. The van der Waals surface area contributed by atoms with E-state index in [1.165, 1.54) is 10.7 Å². The zero-order valence-corrected chi connectivity index (χ0v) is 12.7. The lowest BCUT2D eigenvalue weighted by Crippen LogP contribution is -2.23. The number of nitrogens with one attached hydrogen (secondary N) is 1. The molecule has 1 aromatic heterocycles. The van der Waals surface area contributed by atoms with Gasteiger partial charge in [0.2, 0.25) is 5.75 Å². The fraction of sp³-hybridized carbons (Fsp3) is 0.154. The van der Waals surface area contributed by atoms with Crippen molar-refractivity contribution >= 4 is 29.4 Å². The number of halogens is 1. The third-order valence-corrected chi connectivity index (χ3v) is 2.97. The van der Waals surface area contributed by atoms with E-state index in [2.05, 4.69) is 15.6 Å². The molecule has 0 saturated heterocycles. The van der Waals surface area contributed by atoms with Crippen LogP contribution in [-0.2, 0) is 11.3 Å². The van der Waals surface area contributed by atoms with Gasteiger partial charge in [-0.3, -0.25) is 19.6 Å². The molecule has 2 rings (SSSR count). The molecule has 1 heterocycles. The van der Waals surface area contributed by atoms with Crippen molar-refractivity contribution < 1.29 is 14.8 Å². The molecule has 120 valence electrons. The molecule has 0 unspecified atom stereocenters. The van der Waals surface area contributed by atoms with Crippen LogP contribution in [0.1, 0.15) is 11.3 Å². The van der Waals surface area contributed by atoms with Crippen LogP contribution in [0, 0.1) is 17.0 Å². The number of aromatic hydroxyl groups is 1. The minimum absolute atomic E-state index is 0.0134. The van der Waals surface area contributed by atoms with Crippen LogP contribution in [0.25, 0.3) is 0 Å². The number of amides is 1. The lowest BCUT2D eigenvalue weighted by molar-refractivity contribution is -0.385. The summed E-state index contributed by atoms with van der Waals surface area (Å²) in [7, 11) is 0. The summed E-state index contributed by atoms with van der Waals surface area (Å²) in [5, 5.41) is 28.3. The number of nitrogens with zero attached hydrogens (tertiary/aromatic N) is 4. The van der Waals surface area contributed by atoms with Gasteiger partial charge in [-0.05, 0) is 19.1 Å². The van der Waals surface area contributed by atoms with Crippen LogP contribution in [0.4, 0.5) is 5.69 Å². The van der Waals surface area contributed by atoms with Gasteiger partial charge in [-0.15, -0.1) is 0 Å². The number of hydrazone groups is 1. The molecule has 9 nitrogen and oxygen atoms in total. The van der Waals surface area contributed by atoms with Crippen molar-refractivity contribution in [3.63, 3.8) is 0 Å². The number of phenolic OH excluding ortho intramolecular Hbond substituents is 1. The van der Waals surface area contributed by atoms with Crippen LogP contribution in [-0.4, -0.2) is 31.9 Å². The van der Waals surface area contributed by atoms with E-state index >= 15 is 0 Å². The SMILES string of the molecule is Cc1ccn(CC(=O)N/N=C/c2cc(Cl)cc([N+](=O)[O-])c2O)n1. The third-order valence-electron chi connectivity index (χ3n) is 2.75. The number of aryl methyl sites for hydroxylation is 1. The number of benzene rings is 1. The molecule has 0 spiro atoms. The van der Waals surface area contributed by atoms with Crippen molar-refractivity contribution in [2.45, 2.75) is 13.5 Å². The fourth-order valence-corrected chi connectivity index (χ4v) is 1.97. The summed E-state index contributed by atoms with van der Waals surface area (Å²) in [5.74, 6) is -1.03. The normalized spacial score (nSPS) is 10.9. The van der Waals surface area contributed by atoms with Gasteiger partial charge < -0.3 is 5.11 Å². The van der Waals surface area contributed by atoms with E-state index in [-0.39, 0.29) is 17.1 Å². The largest absolute Gasteiger partial charge is 0.502 e. The van der Waals surface area contributed by atoms with Crippen molar-refractivity contribution in [2.24, 2.45) is 5.10 Å². The van der Waals surface area contributed by atoms with E-state index in [1.54, 1.807) is 19.2 Å². The molecule has 1 aromatic carbocycles. The molecular weight excluding hydrogens is 326 g/mol. The molecule has 1 amide bonds. The first kappa shape index (κ1) is 16.4. The zero-order valence-electron chi connectivity index (χ0n) is 11.9. The van der Waals surface area contributed by atoms with Gasteiger partial charge in [0.25, 0.3) is 5.91 Å². The molecule has 0 aliphatic carbocycles. The second-order valence-electron chi connectivity index (χ2n) is 4.57. The van der Waals surface area contributed by atoms with E-state index in [0.29, 0.717) is 0 Å². The molecule has 0 saturated carbocycles. The molecule has 0 radical (unpaired) electrons. The second kappa shape index (κ2) is 6.88. The maximum absolute atomic E-state index is 11.7. The predicted octanol–water partition coefficient (Wildman–Crippen LogP) is 1.61. The number of carbonyl (C=O) groups excluding carboxylic acids is 1. The van der Waals surface area contributed by atoms with Gasteiger partial charge in [0.15, 0.2) is 0 Å². The summed E-state index contributed by atoms with van der Waals surface area (Å²) in [6.07, 6.45) is 2.71. The molecule has 0 aliphatic rings. The highest BCUT2D eigenvalue weighted by Crippen LogP contribution is 2.32. The minimum atomic E-state index is -0.767. The standard InChI is InChI=1S/C13H12ClN5O4/c1-8-2-3-18(17-8)7-12(20)16-15-6-9-4-10(14)5-11(13(9)21)19(22)23/h2-6,21H,7H2,1H3,(H,16,20)/b15-6+. The average molecular weight is 338 g/mol. The van der Waals surface area contributed by atoms with Crippen LogP contribution in [0.5, 0.6) is 5.75 Å². The van der Waals surface area contributed by atoms with Crippen molar-refractivity contribution in [3.05, 3.63) is 50.8 Å². The summed E-state index contributed by atoms with van der Waals surface area (Å²) in [5.41, 5.74) is 2.47. The van der Waals surface area contributed by atoms with E-state index < -0.39 is 22.3 Å². The average Bonchev–Trinajstić information content (AvgIpc) is 2.87. The summed E-state index contributed by atoms with van der Waals surface area (Å²) < 4.78 is 1.43. The van der Waals surface area contributed by atoms with Gasteiger partial charge in [-0.2, -0.15) is 10.2 Å². The van der Waals surface area contributed by atoms with Gasteiger partial charge >= 0.3 is 5.69 Å². The molecule has 0 atom stereocenters. The van der Waals surface area contributed by atoms with Gasteiger partial charge in [0.1, 0.15) is 6.54 Å². The van der Waals surface area contributed by atoms with E-state index in [4.69, 9.17) is 11.6 Å². The fourth-order valence-electron chi connectivity index (χ4n) is 1.75. The molecular formula is C13H12ClN5O4. The van der Waals surface area contributed by atoms with Crippen LogP contribution in [0.15, 0.2) is 29.5 Å². The first-order valence-electron chi connectivity index (χ1n) is 6.35. The molecule has 0 bridgehead atoms. The van der Waals surface area contributed by atoms with Crippen molar-refractivity contribution in [1.82, 2.24) is 15.2 Å². The summed E-state index contributed by atoms with van der Waals surface area (Å²) in [6, 6.07) is 4.06. The number of rotatable bonds is 5. The Balaban J connectivity index is 2.05. The molecule has 10 heteroatoms. The van der Waals surface area contributed by atoms with Crippen LogP contribution < -0.4 is 5.43 Å². The van der Waals surface area contributed by atoms with Crippen molar-refractivity contribution in [3.8, 4) is 5.75 Å². The number of carbonyl (C=O) groups is 1. The highest BCUT2D eigenvalue weighted by atomic mass is 35.5. The monoisotopic (exact) mass is 337 g/mol. The lowest BCUT2D eigenvalue weighted by atomic mass is 10.2. The topological polar surface area (TPSA) is 123 Å². The van der Waals surface area contributed by atoms with Crippen molar-refractivity contribution in [1.29, 1.82) is 0 Å². The van der Waals surface area contributed by atoms with Crippen LogP contribution >= 0.6 is 11.6 Å². The van der Waals surface area contributed by atoms with Gasteiger partial charge in [-0.25, -0.2) is 5.43 Å². The number of phenols is 1. The van der Waals surface area contributed by atoms with Crippen molar-refractivity contribution in [2.75, 3.05) is 0 Å². The van der Waals surface area contributed by atoms with Crippen LogP contribution in [0.3, 0.4) is 0 Å². The Hall–Kier alpha value is -2.94. The first-order chi connectivity index (χ1) is 10.9. The van der Waals surface area contributed by atoms with Gasteiger partial charge in [-0.1, -0.05) is 11.6 Å². The van der Waals surface area contributed by atoms with E-state index in [9.17, 15) is 20.0 Å². The highest BCUT2D eigenvalue weighted by Gasteiger charge is 2.17. The van der Waals surface area contributed by atoms with Gasteiger partial charge in [0, 0.05) is 22.8 Å². The predicted molar refractivity (Wildman–Crippen MR) is 82.5 cm³/mol. The Bertz CT molecular complexity index is 787. The smallest absolute Gasteiger partial charge is 0.312 e. The first-order valence-corrected chi connectivity index (χ1v) is 6.73. The van der Waals surface area contributed by atoms with E-state index in [1.807, 2.05) is 0 Å². The minimum Gasteiger partial charge on any atom is -0.502 e. The van der Waals surface area contributed by atoms with Crippen LogP contribution in [0.2, 0.25) is 5.02 Å². The number of nitro groups is 1. The quantitative estimate of drug-likeness (QED) is 0.487. The number of aromatic nitrogens is 2. The maximum atomic E-state index is 11.7. The number of nitro benzene ring substituents is 1. The van der Waals surface area contributed by atoms with E-state index in [0.717, 1.165) is 18.0 Å². The Morgan fingerprint density at radius 3 is 2.96 bits per heavy atom. The second-order valence-corrected chi connectivity index (χ2v) is 5.00. The van der Waals surface area contributed by atoms with Gasteiger partial charge in [0.05, 0.1) is 16.8 Å². The molecule has 23 heavy (non-hydrogen) atoms. The molecule has 2 N–H and O–H groups in total. The third kappa shape index (κ3) is 4.27. The Morgan fingerprint density at radius 1 is 1.61 bits per heavy atom. The Labute approximate surface area is 135 Å². The number of hydrogen-bond donors (Lipinski definition) is 2. The molecule has 2 aromatic rings. The summed E-state index contributed by atoms with van der Waals surface area (Å²) in [6.45, 7) is 1.76. The Kier molecular flexibility index (Phi) is 4.91. The summed E-state index contributed by atoms with van der Waals surface area (Å²) in [4.78, 5) is 21.7. The highest BCUT2D eigenvalue weighted by molar-refractivity contribution is 6.31. The Morgan fingerprint density at radius 2 is 2.35 bits per heavy atom. The summed E-state index contributed by atoms with van der Waals surface area (Å²) >= 11 is 5.74. The molecule has 0 aliphatic heterocycles. The maximum Gasteiger partial charge on any atom is 0.312 e. The number of hydrogen-bond acceptors (Lipinski definition) is 6. The molecule has 0 fully saturated rings.